The number of para-hydroxylation sites is 2. The zero-order valence-electron chi connectivity index (χ0n) is 13.4. The minimum Gasteiger partial charge on any atom is -0.376 e. The molecule has 4 nitrogen and oxygen atoms in total. The van der Waals surface area contributed by atoms with Crippen LogP contribution in [0.1, 0.15) is 32.6 Å². The first kappa shape index (κ1) is 15.8. The molecule has 21 heavy (non-hydrogen) atoms. The van der Waals surface area contributed by atoms with Gasteiger partial charge in [-0.2, -0.15) is 0 Å². The van der Waals surface area contributed by atoms with Gasteiger partial charge in [-0.3, -0.25) is 4.79 Å². The molecule has 116 valence electrons. The Morgan fingerprint density at radius 2 is 1.95 bits per heavy atom. The molecular weight excluding hydrogens is 262 g/mol. The predicted octanol–water partition coefficient (Wildman–Crippen LogP) is 2.85. The highest BCUT2D eigenvalue weighted by molar-refractivity contribution is 5.98. The van der Waals surface area contributed by atoms with E-state index >= 15 is 0 Å². The summed E-state index contributed by atoms with van der Waals surface area (Å²) in [6.45, 7) is 2.68. The number of anilines is 2. The van der Waals surface area contributed by atoms with Gasteiger partial charge in [-0.25, -0.2) is 0 Å². The number of carbonyl (C=O) groups is 1. The standard InChI is InChI=1S/C17H27N3O/c1-13-8-10-17(12-18,11-9-13)16(21)19-14-6-4-5-7-15(14)20(2)3/h4-7,13H,8-12,18H2,1-3H3,(H,19,21). The number of nitrogens with one attached hydrogen (secondary N) is 1. The first-order valence-electron chi connectivity index (χ1n) is 7.76. The normalized spacial score (nSPS) is 25.4. The topological polar surface area (TPSA) is 58.4 Å². The highest BCUT2D eigenvalue weighted by Gasteiger charge is 2.40. The Balaban J connectivity index is 2.17. The Kier molecular flexibility index (Phi) is 4.88. The van der Waals surface area contributed by atoms with E-state index in [2.05, 4.69) is 12.2 Å². The fourth-order valence-corrected chi connectivity index (χ4v) is 3.06. The third-order valence-electron chi connectivity index (χ3n) is 4.74. The highest BCUT2D eigenvalue weighted by Crippen LogP contribution is 2.39. The Labute approximate surface area is 127 Å². The molecule has 1 aromatic rings. The second-order valence-electron chi connectivity index (χ2n) is 6.53. The van der Waals surface area contributed by atoms with Gasteiger partial charge < -0.3 is 16.0 Å². The van der Waals surface area contributed by atoms with Crippen molar-refractivity contribution in [3.05, 3.63) is 24.3 Å². The molecule has 1 aromatic carbocycles. The summed E-state index contributed by atoms with van der Waals surface area (Å²) in [5.41, 5.74) is 7.44. The second kappa shape index (κ2) is 6.48. The number of benzene rings is 1. The van der Waals surface area contributed by atoms with Crippen molar-refractivity contribution >= 4 is 17.3 Å². The third kappa shape index (κ3) is 3.38. The number of nitrogens with two attached hydrogens (primary N) is 1. The van der Waals surface area contributed by atoms with E-state index in [1.54, 1.807) is 0 Å². The van der Waals surface area contributed by atoms with Crippen LogP contribution in [0.2, 0.25) is 0 Å². The summed E-state index contributed by atoms with van der Waals surface area (Å²) >= 11 is 0. The maximum absolute atomic E-state index is 12.8. The van der Waals surface area contributed by atoms with E-state index in [0.29, 0.717) is 12.5 Å². The van der Waals surface area contributed by atoms with Crippen molar-refractivity contribution in [3.63, 3.8) is 0 Å². The SMILES string of the molecule is CC1CCC(CN)(C(=O)Nc2ccccc2N(C)C)CC1. The lowest BCUT2D eigenvalue weighted by atomic mass is 9.70. The van der Waals surface area contributed by atoms with Gasteiger partial charge in [0.15, 0.2) is 0 Å². The molecule has 1 fully saturated rings. The number of nitrogens with zero attached hydrogens (tertiary/aromatic N) is 1. The van der Waals surface area contributed by atoms with Crippen LogP contribution in [-0.2, 0) is 4.79 Å². The maximum atomic E-state index is 12.8. The molecule has 0 saturated heterocycles. The lowest BCUT2D eigenvalue weighted by Gasteiger charge is -2.37. The molecule has 1 saturated carbocycles. The van der Waals surface area contributed by atoms with Crippen LogP contribution < -0.4 is 16.0 Å². The fraction of sp³-hybridized carbons (Fsp3) is 0.588. The van der Waals surface area contributed by atoms with E-state index in [0.717, 1.165) is 37.1 Å². The number of rotatable bonds is 4. The predicted molar refractivity (Wildman–Crippen MR) is 88.5 cm³/mol. The van der Waals surface area contributed by atoms with E-state index < -0.39 is 5.41 Å². The monoisotopic (exact) mass is 289 g/mol. The number of amides is 1. The molecule has 0 unspecified atom stereocenters. The van der Waals surface area contributed by atoms with Gasteiger partial charge in [0.1, 0.15) is 0 Å². The van der Waals surface area contributed by atoms with Crippen molar-refractivity contribution in [1.82, 2.24) is 0 Å². The van der Waals surface area contributed by atoms with Crippen LogP contribution >= 0.6 is 0 Å². The van der Waals surface area contributed by atoms with Gasteiger partial charge in [0.2, 0.25) is 5.91 Å². The van der Waals surface area contributed by atoms with Crippen molar-refractivity contribution in [2.45, 2.75) is 32.6 Å². The molecule has 0 bridgehead atoms. The van der Waals surface area contributed by atoms with Crippen molar-refractivity contribution < 1.29 is 4.79 Å². The van der Waals surface area contributed by atoms with Crippen LogP contribution in [0.5, 0.6) is 0 Å². The third-order valence-corrected chi connectivity index (χ3v) is 4.74. The number of carbonyl (C=O) groups excluding carboxylic acids is 1. The van der Waals surface area contributed by atoms with Gasteiger partial charge in [0.25, 0.3) is 0 Å². The van der Waals surface area contributed by atoms with Crippen LogP contribution in [0.3, 0.4) is 0 Å². The minimum absolute atomic E-state index is 0.0752. The summed E-state index contributed by atoms with van der Waals surface area (Å²) in [7, 11) is 3.96. The number of hydrogen-bond acceptors (Lipinski definition) is 3. The fourth-order valence-electron chi connectivity index (χ4n) is 3.06. The van der Waals surface area contributed by atoms with Gasteiger partial charge >= 0.3 is 0 Å². The van der Waals surface area contributed by atoms with Gasteiger partial charge in [0, 0.05) is 20.6 Å². The van der Waals surface area contributed by atoms with E-state index in [1.165, 1.54) is 0 Å². The summed E-state index contributed by atoms with van der Waals surface area (Å²) < 4.78 is 0. The van der Waals surface area contributed by atoms with E-state index in [4.69, 9.17) is 5.73 Å². The summed E-state index contributed by atoms with van der Waals surface area (Å²) in [6, 6.07) is 7.88. The quantitative estimate of drug-likeness (QED) is 0.896. The van der Waals surface area contributed by atoms with Crippen molar-refractivity contribution in [2.75, 3.05) is 30.9 Å². The minimum atomic E-state index is -0.397. The largest absolute Gasteiger partial charge is 0.376 e. The summed E-state index contributed by atoms with van der Waals surface area (Å²) in [5, 5.41) is 3.11. The highest BCUT2D eigenvalue weighted by atomic mass is 16.2. The molecule has 0 aliphatic heterocycles. The molecule has 0 aromatic heterocycles. The Hall–Kier alpha value is -1.55. The van der Waals surface area contributed by atoms with Gasteiger partial charge in [0.05, 0.1) is 16.8 Å². The first-order valence-corrected chi connectivity index (χ1v) is 7.76. The lowest BCUT2D eigenvalue weighted by molar-refractivity contribution is -0.127. The van der Waals surface area contributed by atoms with E-state index in [9.17, 15) is 4.79 Å². The van der Waals surface area contributed by atoms with Gasteiger partial charge in [-0.05, 0) is 43.7 Å². The maximum Gasteiger partial charge on any atom is 0.231 e. The molecule has 1 aliphatic carbocycles. The number of hydrogen-bond donors (Lipinski definition) is 2. The van der Waals surface area contributed by atoms with Crippen LogP contribution in [0, 0.1) is 11.3 Å². The first-order chi connectivity index (χ1) is 9.98. The average Bonchev–Trinajstić information content (AvgIpc) is 2.48. The molecule has 4 heteroatoms. The molecule has 1 aliphatic rings. The van der Waals surface area contributed by atoms with Crippen LogP contribution in [0.4, 0.5) is 11.4 Å². The Morgan fingerprint density at radius 1 is 1.33 bits per heavy atom. The van der Waals surface area contributed by atoms with Gasteiger partial charge in [-0.15, -0.1) is 0 Å². The summed E-state index contributed by atoms with van der Waals surface area (Å²) in [5.74, 6) is 0.776. The molecule has 1 amide bonds. The molecule has 0 heterocycles. The molecule has 3 N–H and O–H groups in total. The second-order valence-corrected chi connectivity index (χ2v) is 6.53. The molecular formula is C17H27N3O. The average molecular weight is 289 g/mol. The smallest absolute Gasteiger partial charge is 0.231 e. The molecule has 0 radical (unpaired) electrons. The molecule has 0 atom stereocenters. The van der Waals surface area contributed by atoms with Crippen molar-refractivity contribution in [3.8, 4) is 0 Å². The lowest BCUT2D eigenvalue weighted by Crippen LogP contribution is -2.45. The summed E-state index contributed by atoms with van der Waals surface area (Å²) in [6.07, 6.45) is 3.95. The van der Waals surface area contributed by atoms with Crippen LogP contribution in [0.15, 0.2) is 24.3 Å². The van der Waals surface area contributed by atoms with Gasteiger partial charge in [-0.1, -0.05) is 19.1 Å². The zero-order chi connectivity index (χ0) is 15.5. The van der Waals surface area contributed by atoms with Crippen molar-refractivity contribution in [1.29, 1.82) is 0 Å². The van der Waals surface area contributed by atoms with E-state index in [1.807, 2.05) is 43.3 Å². The Morgan fingerprint density at radius 3 is 2.52 bits per heavy atom. The van der Waals surface area contributed by atoms with Crippen LogP contribution in [0.25, 0.3) is 0 Å². The van der Waals surface area contributed by atoms with Crippen molar-refractivity contribution in [2.24, 2.45) is 17.1 Å². The molecule has 0 spiro atoms. The van der Waals surface area contributed by atoms with Crippen LogP contribution in [-0.4, -0.2) is 26.5 Å². The zero-order valence-corrected chi connectivity index (χ0v) is 13.4. The summed E-state index contributed by atoms with van der Waals surface area (Å²) in [4.78, 5) is 14.8. The van der Waals surface area contributed by atoms with E-state index in [-0.39, 0.29) is 5.91 Å². The molecule has 2 rings (SSSR count). The Bertz CT molecular complexity index is 491.